The molecule has 0 saturated heterocycles. The molecule has 0 N–H and O–H groups in total. The molecular formula is C23H19F3N4O2. The van der Waals surface area contributed by atoms with Crippen molar-refractivity contribution in [3.8, 4) is 17.0 Å². The number of halogens is 3. The van der Waals surface area contributed by atoms with Crippen LogP contribution in [0.15, 0.2) is 60.8 Å². The quantitative estimate of drug-likeness (QED) is 0.442. The van der Waals surface area contributed by atoms with E-state index in [4.69, 9.17) is 0 Å². The molecule has 1 amide bonds. The minimum Gasteiger partial charge on any atom is -0.406 e. The van der Waals surface area contributed by atoms with E-state index in [2.05, 4.69) is 14.8 Å². The van der Waals surface area contributed by atoms with Crippen LogP contribution in [-0.4, -0.2) is 34.1 Å². The van der Waals surface area contributed by atoms with Gasteiger partial charge in [-0.15, -0.1) is 13.2 Å². The predicted octanol–water partition coefficient (Wildman–Crippen LogP) is 5.12. The standard InChI is InChI=1S/C23H19F3N4O2/c1-14-12-15(5-9-20(14)29(2)22(31)21-10-11-27-30(21)3)18-7-4-16-13-17(32-23(24,25)26)6-8-19(16)28-18/h4-13H,1-3H3. The maximum absolute atomic E-state index is 12.8. The third kappa shape index (κ3) is 4.27. The smallest absolute Gasteiger partial charge is 0.406 e. The van der Waals surface area contributed by atoms with Gasteiger partial charge in [0.05, 0.1) is 11.2 Å². The van der Waals surface area contributed by atoms with Crippen LogP contribution in [0.1, 0.15) is 16.1 Å². The van der Waals surface area contributed by atoms with Gasteiger partial charge >= 0.3 is 6.36 Å². The Morgan fingerprint density at radius 1 is 1.06 bits per heavy atom. The number of hydrogen-bond donors (Lipinski definition) is 0. The lowest BCUT2D eigenvalue weighted by Gasteiger charge is -2.20. The molecule has 0 radical (unpaired) electrons. The molecule has 4 rings (SSSR count). The summed E-state index contributed by atoms with van der Waals surface area (Å²) in [5.74, 6) is -0.470. The summed E-state index contributed by atoms with van der Waals surface area (Å²) in [5.41, 5.74) is 4.12. The topological polar surface area (TPSA) is 60.2 Å². The van der Waals surface area contributed by atoms with Gasteiger partial charge in [0.1, 0.15) is 11.4 Å². The summed E-state index contributed by atoms with van der Waals surface area (Å²) in [4.78, 5) is 18.9. The molecule has 0 aliphatic carbocycles. The fourth-order valence-electron chi connectivity index (χ4n) is 3.52. The van der Waals surface area contributed by atoms with Gasteiger partial charge in [-0.05, 0) is 55.0 Å². The molecule has 0 aliphatic heterocycles. The van der Waals surface area contributed by atoms with Gasteiger partial charge in [0.25, 0.3) is 5.91 Å². The first kappa shape index (κ1) is 21.4. The zero-order chi connectivity index (χ0) is 23.0. The molecule has 2 aromatic carbocycles. The van der Waals surface area contributed by atoms with E-state index in [-0.39, 0.29) is 11.7 Å². The second kappa shape index (κ2) is 7.99. The number of amides is 1. The first-order valence-electron chi connectivity index (χ1n) is 9.66. The van der Waals surface area contributed by atoms with Gasteiger partial charge in [0.15, 0.2) is 0 Å². The zero-order valence-electron chi connectivity index (χ0n) is 17.5. The number of carbonyl (C=O) groups excluding carboxylic acids is 1. The Bertz CT molecular complexity index is 1310. The molecule has 164 valence electrons. The molecule has 0 bridgehead atoms. The number of hydrogen-bond acceptors (Lipinski definition) is 4. The average Bonchev–Trinajstić information content (AvgIpc) is 3.17. The number of nitrogens with zero attached hydrogens (tertiary/aromatic N) is 4. The lowest BCUT2D eigenvalue weighted by molar-refractivity contribution is -0.274. The Labute approximate surface area is 181 Å². The molecule has 32 heavy (non-hydrogen) atoms. The van der Waals surface area contributed by atoms with E-state index in [1.54, 1.807) is 43.4 Å². The number of anilines is 1. The van der Waals surface area contributed by atoms with Crippen molar-refractivity contribution in [2.75, 3.05) is 11.9 Å². The van der Waals surface area contributed by atoms with E-state index in [1.807, 2.05) is 25.1 Å². The van der Waals surface area contributed by atoms with Gasteiger partial charge in [0, 0.05) is 36.9 Å². The molecular weight excluding hydrogens is 421 g/mol. The number of aromatic nitrogens is 3. The molecule has 2 aromatic heterocycles. The summed E-state index contributed by atoms with van der Waals surface area (Å²) in [5, 5.41) is 4.57. The van der Waals surface area contributed by atoms with Crippen molar-refractivity contribution in [1.29, 1.82) is 0 Å². The molecule has 0 saturated carbocycles. The van der Waals surface area contributed by atoms with Crippen LogP contribution in [0.25, 0.3) is 22.2 Å². The summed E-state index contributed by atoms with van der Waals surface area (Å²) >= 11 is 0. The van der Waals surface area contributed by atoms with E-state index < -0.39 is 6.36 Å². The van der Waals surface area contributed by atoms with E-state index in [0.717, 1.165) is 16.8 Å². The van der Waals surface area contributed by atoms with Crippen molar-refractivity contribution in [3.05, 3.63) is 72.1 Å². The third-order valence-electron chi connectivity index (χ3n) is 5.09. The summed E-state index contributed by atoms with van der Waals surface area (Å²) in [6, 6.07) is 14.7. The number of fused-ring (bicyclic) bond motifs is 1. The highest BCUT2D eigenvalue weighted by molar-refractivity contribution is 6.05. The minimum atomic E-state index is -4.74. The van der Waals surface area contributed by atoms with E-state index in [1.165, 1.54) is 22.9 Å². The van der Waals surface area contributed by atoms with Crippen molar-refractivity contribution in [3.63, 3.8) is 0 Å². The summed E-state index contributed by atoms with van der Waals surface area (Å²) in [7, 11) is 3.41. The second-order valence-corrected chi connectivity index (χ2v) is 7.30. The molecule has 0 atom stereocenters. The number of ether oxygens (including phenoxy) is 1. The van der Waals surface area contributed by atoms with Crippen LogP contribution < -0.4 is 9.64 Å². The summed E-state index contributed by atoms with van der Waals surface area (Å²) < 4.78 is 42.8. The van der Waals surface area contributed by atoms with Crippen LogP contribution >= 0.6 is 0 Å². The van der Waals surface area contributed by atoms with Crippen molar-refractivity contribution < 1.29 is 22.7 Å². The Balaban J connectivity index is 1.61. The molecule has 9 heteroatoms. The van der Waals surface area contributed by atoms with Crippen LogP contribution in [0, 0.1) is 6.92 Å². The van der Waals surface area contributed by atoms with Crippen LogP contribution in [-0.2, 0) is 7.05 Å². The van der Waals surface area contributed by atoms with Crippen molar-refractivity contribution in [1.82, 2.24) is 14.8 Å². The van der Waals surface area contributed by atoms with Crippen molar-refractivity contribution in [2.24, 2.45) is 7.05 Å². The highest BCUT2D eigenvalue weighted by Gasteiger charge is 2.31. The maximum Gasteiger partial charge on any atom is 0.573 e. The minimum absolute atomic E-state index is 0.179. The molecule has 0 unspecified atom stereocenters. The van der Waals surface area contributed by atoms with Gasteiger partial charge < -0.3 is 9.64 Å². The van der Waals surface area contributed by atoms with Gasteiger partial charge in [-0.2, -0.15) is 5.10 Å². The van der Waals surface area contributed by atoms with Gasteiger partial charge in [-0.3, -0.25) is 9.48 Å². The van der Waals surface area contributed by atoms with Crippen molar-refractivity contribution >= 4 is 22.5 Å². The molecule has 4 aromatic rings. The third-order valence-corrected chi connectivity index (χ3v) is 5.09. The second-order valence-electron chi connectivity index (χ2n) is 7.30. The number of benzene rings is 2. The number of pyridine rings is 1. The number of rotatable bonds is 4. The lowest BCUT2D eigenvalue weighted by Crippen LogP contribution is -2.28. The van der Waals surface area contributed by atoms with Crippen molar-refractivity contribution in [2.45, 2.75) is 13.3 Å². The SMILES string of the molecule is Cc1cc(-c2ccc3cc(OC(F)(F)F)ccc3n2)ccc1N(C)C(=O)c1ccnn1C. The van der Waals surface area contributed by atoms with Gasteiger partial charge in [0.2, 0.25) is 0 Å². The summed E-state index contributed by atoms with van der Waals surface area (Å²) in [6.07, 6.45) is -3.17. The molecule has 2 heterocycles. The predicted molar refractivity (Wildman–Crippen MR) is 115 cm³/mol. The Morgan fingerprint density at radius 2 is 1.84 bits per heavy atom. The zero-order valence-corrected chi connectivity index (χ0v) is 17.5. The monoisotopic (exact) mass is 440 g/mol. The van der Waals surface area contributed by atoms with Gasteiger partial charge in [-0.25, -0.2) is 4.98 Å². The number of aryl methyl sites for hydroxylation is 2. The molecule has 0 spiro atoms. The fourth-order valence-corrected chi connectivity index (χ4v) is 3.52. The molecule has 6 nitrogen and oxygen atoms in total. The summed E-state index contributed by atoms with van der Waals surface area (Å²) in [6.45, 7) is 1.90. The first-order chi connectivity index (χ1) is 15.1. The molecule has 0 aliphatic rings. The Hall–Kier alpha value is -3.88. The Kier molecular flexibility index (Phi) is 5.33. The highest BCUT2D eigenvalue weighted by Crippen LogP contribution is 2.30. The lowest BCUT2D eigenvalue weighted by atomic mass is 10.0. The van der Waals surface area contributed by atoms with E-state index in [0.29, 0.717) is 22.3 Å². The van der Waals surface area contributed by atoms with Crippen LogP contribution in [0.2, 0.25) is 0 Å². The van der Waals surface area contributed by atoms with Gasteiger partial charge in [-0.1, -0.05) is 12.1 Å². The maximum atomic E-state index is 12.8. The Morgan fingerprint density at radius 3 is 2.50 bits per heavy atom. The van der Waals surface area contributed by atoms with E-state index >= 15 is 0 Å². The van der Waals surface area contributed by atoms with Crippen LogP contribution in [0.5, 0.6) is 5.75 Å². The average molecular weight is 440 g/mol. The highest BCUT2D eigenvalue weighted by atomic mass is 19.4. The first-order valence-corrected chi connectivity index (χ1v) is 9.66. The number of alkyl halides is 3. The van der Waals surface area contributed by atoms with Crippen LogP contribution in [0.4, 0.5) is 18.9 Å². The van der Waals surface area contributed by atoms with Crippen LogP contribution in [0.3, 0.4) is 0 Å². The normalized spacial score (nSPS) is 11.6. The fraction of sp³-hybridized carbons (Fsp3) is 0.174. The molecule has 0 fully saturated rings. The van der Waals surface area contributed by atoms with E-state index in [9.17, 15) is 18.0 Å². The largest absolute Gasteiger partial charge is 0.573 e. The number of carbonyl (C=O) groups is 1.